The van der Waals surface area contributed by atoms with Gasteiger partial charge in [0.25, 0.3) is 0 Å². The summed E-state index contributed by atoms with van der Waals surface area (Å²) >= 11 is 7.40. The van der Waals surface area contributed by atoms with Crippen molar-refractivity contribution in [1.29, 1.82) is 0 Å². The number of fused-ring (bicyclic) bond motifs is 2. The molecule has 0 aromatic heterocycles. The van der Waals surface area contributed by atoms with E-state index in [0.29, 0.717) is 0 Å². The molecule has 1 nitrogen and oxygen atoms in total. The van der Waals surface area contributed by atoms with Gasteiger partial charge >= 0.3 is 0 Å². The van der Waals surface area contributed by atoms with Crippen molar-refractivity contribution in [3.05, 3.63) is 84.9 Å². The Morgan fingerprint density at radius 1 is 0.720 bits per heavy atom. The Labute approximate surface area is 157 Å². The third kappa shape index (κ3) is 3.13. The van der Waals surface area contributed by atoms with Crippen LogP contribution in [0.5, 0.6) is 0 Å². The summed E-state index contributed by atoms with van der Waals surface area (Å²) in [7, 11) is 2.04. The monoisotopic (exact) mass is 359 g/mol. The summed E-state index contributed by atoms with van der Waals surface area (Å²) < 4.78 is 0.840. The summed E-state index contributed by atoms with van der Waals surface area (Å²) in [6, 6.07) is 29.5. The molecule has 0 aliphatic rings. The molecule has 0 radical (unpaired) electrons. The van der Waals surface area contributed by atoms with Crippen molar-refractivity contribution in [3.63, 3.8) is 0 Å². The van der Waals surface area contributed by atoms with Gasteiger partial charge in [0.05, 0.1) is 0 Å². The van der Waals surface area contributed by atoms with E-state index in [2.05, 4.69) is 89.8 Å². The molecule has 0 N–H and O–H groups in total. The molecular weight excluding hydrogens is 342 g/mol. The number of hydrogen-bond donors (Lipinski definition) is 0. The standard InChI is InChI=1S/C22H17NS2/c1-23(20-14-6-10-16-8-2-4-12-18(16)20)22(24)25-21-15-7-11-17-9-3-5-13-19(17)21/h2-15H,1H3. The largest absolute Gasteiger partial charge is 0.330 e. The van der Waals surface area contributed by atoms with E-state index in [4.69, 9.17) is 12.2 Å². The Balaban J connectivity index is 1.68. The SMILES string of the molecule is CN(C(=S)Sc1cccc2ccccc12)c1cccc2ccccc12. The van der Waals surface area contributed by atoms with E-state index in [0.717, 1.165) is 10.0 Å². The molecule has 122 valence electrons. The van der Waals surface area contributed by atoms with Crippen LogP contribution < -0.4 is 4.90 Å². The second kappa shape index (κ2) is 6.87. The molecule has 0 unspecified atom stereocenters. The first-order valence-electron chi connectivity index (χ1n) is 8.15. The lowest BCUT2D eigenvalue weighted by Crippen LogP contribution is -2.21. The number of anilines is 1. The molecule has 0 saturated heterocycles. The molecule has 0 amide bonds. The second-order valence-corrected chi connectivity index (χ2v) is 7.58. The first-order valence-corrected chi connectivity index (χ1v) is 9.37. The molecule has 0 atom stereocenters. The Morgan fingerprint density at radius 2 is 1.28 bits per heavy atom. The number of thiocarbonyl (C=S) groups is 1. The van der Waals surface area contributed by atoms with Crippen LogP contribution in [0.25, 0.3) is 21.5 Å². The predicted octanol–water partition coefficient (Wildman–Crippen LogP) is 6.51. The fraction of sp³-hybridized carbons (Fsp3) is 0.0455. The van der Waals surface area contributed by atoms with Crippen LogP contribution in [0.3, 0.4) is 0 Å². The highest BCUT2D eigenvalue weighted by molar-refractivity contribution is 8.23. The first-order chi connectivity index (χ1) is 12.2. The zero-order valence-corrected chi connectivity index (χ0v) is 15.5. The van der Waals surface area contributed by atoms with Gasteiger partial charge < -0.3 is 4.90 Å². The van der Waals surface area contributed by atoms with E-state index in [9.17, 15) is 0 Å². The molecular formula is C22H17NS2. The predicted molar refractivity (Wildman–Crippen MR) is 115 cm³/mol. The third-order valence-electron chi connectivity index (χ3n) is 4.35. The summed E-state index contributed by atoms with van der Waals surface area (Å²) in [6.07, 6.45) is 0. The minimum Gasteiger partial charge on any atom is -0.330 e. The molecule has 4 rings (SSSR count). The average Bonchev–Trinajstić information content (AvgIpc) is 2.67. The van der Waals surface area contributed by atoms with Crippen LogP contribution in [-0.2, 0) is 0 Å². The van der Waals surface area contributed by atoms with Gasteiger partial charge in [-0.2, -0.15) is 0 Å². The Kier molecular flexibility index (Phi) is 4.43. The molecule has 25 heavy (non-hydrogen) atoms. The maximum Gasteiger partial charge on any atom is 0.145 e. The van der Waals surface area contributed by atoms with E-state index in [-0.39, 0.29) is 0 Å². The van der Waals surface area contributed by atoms with Crippen molar-refractivity contribution in [3.8, 4) is 0 Å². The van der Waals surface area contributed by atoms with Gasteiger partial charge in [-0.15, -0.1) is 0 Å². The topological polar surface area (TPSA) is 3.24 Å². The fourth-order valence-corrected chi connectivity index (χ4v) is 4.28. The lowest BCUT2D eigenvalue weighted by Gasteiger charge is -2.22. The molecule has 0 spiro atoms. The van der Waals surface area contributed by atoms with Gasteiger partial charge in [0, 0.05) is 23.0 Å². The van der Waals surface area contributed by atoms with Gasteiger partial charge in [-0.3, -0.25) is 0 Å². The van der Waals surface area contributed by atoms with Crippen molar-refractivity contribution < 1.29 is 0 Å². The second-order valence-electron chi connectivity index (χ2n) is 5.90. The van der Waals surface area contributed by atoms with Crippen LogP contribution in [0.15, 0.2) is 89.8 Å². The molecule has 0 bridgehead atoms. The third-order valence-corrected chi connectivity index (χ3v) is 5.90. The van der Waals surface area contributed by atoms with Crippen LogP contribution in [0.2, 0.25) is 0 Å². The minimum atomic E-state index is 0.840. The van der Waals surface area contributed by atoms with E-state index in [1.807, 2.05) is 7.05 Å². The fourth-order valence-electron chi connectivity index (χ4n) is 3.05. The molecule has 4 aromatic rings. The van der Waals surface area contributed by atoms with E-state index >= 15 is 0 Å². The zero-order valence-electron chi connectivity index (χ0n) is 13.8. The smallest absolute Gasteiger partial charge is 0.145 e. The van der Waals surface area contributed by atoms with Crippen LogP contribution in [0.1, 0.15) is 0 Å². The van der Waals surface area contributed by atoms with Crippen LogP contribution >= 0.6 is 24.0 Å². The van der Waals surface area contributed by atoms with Crippen molar-refractivity contribution in [2.75, 3.05) is 11.9 Å². The quantitative estimate of drug-likeness (QED) is 0.297. The van der Waals surface area contributed by atoms with Crippen LogP contribution in [-0.4, -0.2) is 11.4 Å². The van der Waals surface area contributed by atoms with E-state index < -0.39 is 0 Å². The van der Waals surface area contributed by atoms with Gasteiger partial charge in [-0.25, -0.2) is 0 Å². The molecule has 3 heteroatoms. The van der Waals surface area contributed by atoms with Crippen molar-refractivity contribution in [2.45, 2.75) is 4.90 Å². The minimum absolute atomic E-state index is 0.840. The van der Waals surface area contributed by atoms with Crippen LogP contribution in [0.4, 0.5) is 5.69 Å². The van der Waals surface area contributed by atoms with Crippen molar-refractivity contribution in [2.24, 2.45) is 0 Å². The van der Waals surface area contributed by atoms with Gasteiger partial charge in [0.1, 0.15) is 4.32 Å². The van der Waals surface area contributed by atoms with Gasteiger partial charge in [0.2, 0.25) is 0 Å². The lowest BCUT2D eigenvalue weighted by atomic mass is 10.1. The summed E-state index contributed by atoms with van der Waals surface area (Å²) in [5.74, 6) is 0. The number of nitrogens with zero attached hydrogens (tertiary/aromatic N) is 1. The van der Waals surface area contributed by atoms with Crippen molar-refractivity contribution in [1.82, 2.24) is 0 Å². The Hall–Kier alpha value is -2.36. The number of thioether (sulfide) groups is 1. The van der Waals surface area contributed by atoms with Gasteiger partial charge in [-0.1, -0.05) is 96.8 Å². The van der Waals surface area contributed by atoms with Crippen LogP contribution in [0, 0.1) is 0 Å². The molecule has 0 heterocycles. The molecule has 0 fully saturated rings. The first kappa shape index (κ1) is 16.1. The molecule has 4 aromatic carbocycles. The summed E-state index contributed by atoms with van der Waals surface area (Å²) in [4.78, 5) is 3.29. The maximum absolute atomic E-state index is 5.76. The van der Waals surface area contributed by atoms with Crippen molar-refractivity contribution >= 4 is 55.5 Å². The highest BCUT2D eigenvalue weighted by atomic mass is 32.2. The molecule has 0 aliphatic carbocycles. The normalized spacial score (nSPS) is 10.9. The van der Waals surface area contributed by atoms with E-state index in [1.165, 1.54) is 26.4 Å². The van der Waals surface area contributed by atoms with E-state index in [1.54, 1.807) is 11.8 Å². The molecule has 0 saturated carbocycles. The maximum atomic E-state index is 5.76. The average molecular weight is 360 g/mol. The Morgan fingerprint density at radius 3 is 2.04 bits per heavy atom. The summed E-state index contributed by atoms with van der Waals surface area (Å²) in [5, 5.41) is 4.92. The number of benzene rings is 4. The summed E-state index contributed by atoms with van der Waals surface area (Å²) in [6.45, 7) is 0. The number of rotatable bonds is 2. The molecule has 0 aliphatic heterocycles. The highest BCUT2D eigenvalue weighted by Crippen LogP contribution is 2.33. The summed E-state index contributed by atoms with van der Waals surface area (Å²) in [5.41, 5.74) is 1.14. The van der Waals surface area contributed by atoms with Gasteiger partial charge in [0.15, 0.2) is 0 Å². The highest BCUT2D eigenvalue weighted by Gasteiger charge is 2.13. The lowest BCUT2D eigenvalue weighted by molar-refractivity contribution is 1.33. The number of hydrogen-bond acceptors (Lipinski definition) is 2. The Bertz CT molecular complexity index is 1060. The zero-order chi connectivity index (χ0) is 17.2. The van der Waals surface area contributed by atoms with Gasteiger partial charge in [-0.05, 0) is 28.3 Å².